The van der Waals surface area contributed by atoms with Gasteiger partial charge in [0.25, 0.3) is 11.1 Å². The van der Waals surface area contributed by atoms with Gasteiger partial charge in [-0.15, -0.1) is 0 Å². The van der Waals surface area contributed by atoms with Crippen molar-refractivity contribution in [3.63, 3.8) is 0 Å². The minimum absolute atomic E-state index is 0.331. The van der Waals surface area contributed by atoms with E-state index in [1.165, 1.54) is 0 Å². The molecule has 1 aliphatic heterocycles. The molecular formula is C15H20ClNO4S. The topological polar surface area (TPSA) is 64.6 Å². The zero-order valence-corrected chi connectivity index (χ0v) is 14.5. The number of methoxy groups -OCH3 is 1. The van der Waals surface area contributed by atoms with Crippen molar-refractivity contribution in [2.45, 2.75) is 26.7 Å². The lowest BCUT2D eigenvalue weighted by molar-refractivity contribution is -0.115. The number of hydrogen-bond donors (Lipinski definition) is 1. The van der Waals surface area contributed by atoms with Crippen LogP contribution in [-0.4, -0.2) is 31.5 Å². The molecule has 0 aromatic carbocycles. The molecule has 1 N–H and O–H groups in total. The van der Waals surface area contributed by atoms with Gasteiger partial charge in [-0.25, -0.2) is 0 Å². The SMILES string of the molecule is COCCCOC(/C=C\C/C(C)=C1/SC(=O)NC1=O)=C(/C)Cl. The highest BCUT2D eigenvalue weighted by molar-refractivity contribution is 8.18. The van der Waals surface area contributed by atoms with E-state index in [1.807, 2.05) is 13.0 Å². The minimum Gasteiger partial charge on any atom is -0.492 e. The van der Waals surface area contributed by atoms with E-state index < -0.39 is 0 Å². The lowest BCUT2D eigenvalue weighted by atomic mass is 10.2. The van der Waals surface area contributed by atoms with Crippen molar-refractivity contribution in [1.29, 1.82) is 0 Å². The Kier molecular flexibility index (Phi) is 8.30. The van der Waals surface area contributed by atoms with E-state index >= 15 is 0 Å². The standard InChI is InChI=1S/C15H20ClNO4S/c1-10(13-14(18)17-15(19)22-13)6-4-7-12(11(2)16)21-9-5-8-20-3/h4,7H,5-6,8-9H2,1-3H3,(H,17,18,19)/b7-4-,12-11-,13-10+. The second kappa shape index (κ2) is 9.71. The molecule has 1 aliphatic rings. The van der Waals surface area contributed by atoms with Crippen molar-refractivity contribution in [3.8, 4) is 0 Å². The highest BCUT2D eigenvalue weighted by atomic mass is 35.5. The van der Waals surface area contributed by atoms with Gasteiger partial charge in [-0.1, -0.05) is 17.7 Å². The lowest BCUT2D eigenvalue weighted by Gasteiger charge is -2.08. The van der Waals surface area contributed by atoms with Crippen LogP contribution in [0.5, 0.6) is 0 Å². The van der Waals surface area contributed by atoms with Crippen molar-refractivity contribution < 1.29 is 19.1 Å². The third kappa shape index (κ3) is 6.25. The predicted octanol–water partition coefficient (Wildman–Crippen LogP) is 3.71. The number of hydrogen-bond acceptors (Lipinski definition) is 5. The summed E-state index contributed by atoms with van der Waals surface area (Å²) in [5.41, 5.74) is 0.829. The number of allylic oxidation sites excluding steroid dienone is 4. The van der Waals surface area contributed by atoms with Gasteiger partial charge < -0.3 is 9.47 Å². The molecule has 1 rings (SSSR count). The Hall–Kier alpha value is -1.24. The molecule has 7 heteroatoms. The maximum Gasteiger partial charge on any atom is 0.290 e. The van der Waals surface area contributed by atoms with E-state index in [0.717, 1.165) is 23.8 Å². The Morgan fingerprint density at radius 1 is 1.32 bits per heavy atom. The molecule has 0 spiro atoms. The van der Waals surface area contributed by atoms with Crippen LogP contribution in [0.3, 0.4) is 0 Å². The first-order chi connectivity index (χ1) is 10.5. The van der Waals surface area contributed by atoms with Crippen LogP contribution in [0.25, 0.3) is 0 Å². The van der Waals surface area contributed by atoms with E-state index in [-0.39, 0.29) is 11.1 Å². The first kappa shape index (κ1) is 18.8. The molecule has 22 heavy (non-hydrogen) atoms. The molecule has 0 aromatic rings. The summed E-state index contributed by atoms with van der Waals surface area (Å²) in [7, 11) is 1.64. The molecule has 0 unspecified atom stereocenters. The zero-order valence-electron chi connectivity index (χ0n) is 12.9. The number of carbonyl (C=O) groups is 2. The summed E-state index contributed by atoms with van der Waals surface area (Å²) >= 11 is 6.92. The third-order valence-electron chi connectivity index (χ3n) is 2.79. The Labute approximate surface area is 139 Å². The quantitative estimate of drug-likeness (QED) is 0.314. The fourth-order valence-electron chi connectivity index (χ4n) is 1.68. The van der Waals surface area contributed by atoms with Crippen molar-refractivity contribution >= 4 is 34.5 Å². The van der Waals surface area contributed by atoms with E-state index in [1.54, 1.807) is 20.1 Å². The van der Waals surface area contributed by atoms with Gasteiger partial charge in [0.2, 0.25) is 0 Å². The highest BCUT2D eigenvalue weighted by Crippen LogP contribution is 2.28. The van der Waals surface area contributed by atoms with Crippen LogP contribution in [0.15, 0.2) is 33.4 Å². The summed E-state index contributed by atoms with van der Waals surface area (Å²) in [5, 5.41) is 2.47. The van der Waals surface area contributed by atoms with Gasteiger partial charge in [-0.2, -0.15) is 0 Å². The van der Waals surface area contributed by atoms with Crippen molar-refractivity contribution in [1.82, 2.24) is 5.32 Å². The summed E-state index contributed by atoms with van der Waals surface area (Å²) in [6.07, 6.45) is 4.95. The molecule has 0 radical (unpaired) electrons. The molecule has 0 atom stereocenters. The summed E-state index contributed by atoms with van der Waals surface area (Å²) in [6, 6.07) is 0. The normalized spacial score (nSPS) is 18.5. The van der Waals surface area contributed by atoms with Gasteiger partial charge in [0.1, 0.15) is 5.76 Å². The Morgan fingerprint density at radius 3 is 2.59 bits per heavy atom. The number of halogens is 1. The van der Waals surface area contributed by atoms with Crippen molar-refractivity contribution in [3.05, 3.63) is 33.4 Å². The van der Waals surface area contributed by atoms with Crippen LogP contribution in [0.2, 0.25) is 0 Å². The summed E-state index contributed by atoms with van der Waals surface area (Å²) in [5.74, 6) is 0.260. The molecular weight excluding hydrogens is 326 g/mol. The maximum atomic E-state index is 11.5. The van der Waals surface area contributed by atoms with Crippen LogP contribution >= 0.6 is 23.4 Å². The van der Waals surface area contributed by atoms with E-state index in [4.69, 9.17) is 21.1 Å². The number of imide groups is 1. The van der Waals surface area contributed by atoms with Gasteiger partial charge in [0.05, 0.1) is 16.5 Å². The molecule has 0 aromatic heterocycles. The molecule has 1 fully saturated rings. The largest absolute Gasteiger partial charge is 0.492 e. The number of thioether (sulfide) groups is 1. The highest BCUT2D eigenvalue weighted by Gasteiger charge is 2.26. The minimum atomic E-state index is -0.332. The second-order valence-corrected chi connectivity index (χ2v) is 6.20. The first-order valence-corrected chi connectivity index (χ1v) is 8.02. The summed E-state index contributed by atoms with van der Waals surface area (Å²) < 4.78 is 10.5. The number of carbonyl (C=O) groups excluding carboxylic acids is 2. The number of rotatable bonds is 8. The monoisotopic (exact) mass is 345 g/mol. The Balaban J connectivity index is 2.58. The van der Waals surface area contributed by atoms with Gasteiger partial charge >= 0.3 is 0 Å². The molecule has 1 saturated heterocycles. The van der Waals surface area contributed by atoms with Crippen LogP contribution in [-0.2, 0) is 14.3 Å². The number of amides is 2. The second-order valence-electron chi connectivity index (χ2n) is 4.65. The first-order valence-electron chi connectivity index (χ1n) is 6.83. The zero-order chi connectivity index (χ0) is 16.5. The fourth-order valence-corrected chi connectivity index (χ4v) is 2.53. The van der Waals surface area contributed by atoms with Gasteiger partial charge in [-0.3, -0.25) is 14.9 Å². The van der Waals surface area contributed by atoms with Crippen molar-refractivity contribution in [2.75, 3.05) is 20.3 Å². The Bertz CT molecular complexity index is 522. The molecule has 0 saturated carbocycles. The van der Waals surface area contributed by atoms with Crippen LogP contribution < -0.4 is 5.32 Å². The lowest BCUT2D eigenvalue weighted by Crippen LogP contribution is -2.18. The van der Waals surface area contributed by atoms with Crippen LogP contribution in [0.1, 0.15) is 26.7 Å². The molecule has 1 heterocycles. The summed E-state index contributed by atoms with van der Waals surface area (Å²) in [6.45, 7) is 4.72. The fraction of sp³-hybridized carbons (Fsp3) is 0.467. The smallest absolute Gasteiger partial charge is 0.290 e. The summed E-state index contributed by atoms with van der Waals surface area (Å²) in [4.78, 5) is 23.1. The predicted molar refractivity (Wildman–Crippen MR) is 88.6 cm³/mol. The van der Waals surface area contributed by atoms with Gasteiger partial charge in [0, 0.05) is 20.1 Å². The number of nitrogens with one attached hydrogen (secondary N) is 1. The number of ether oxygens (including phenoxy) is 2. The van der Waals surface area contributed by atoms with Gasteiger partial charge in [0.15, 0.2) is 0 Å². The van der Waals surface area contributed by atoms with Crippen molar-refractivity contribution in [2.24, 2.45) is 0 Å². The third-order valence-corrected chi connectivity index (χ3v) is 4.00. The Morgan fingerprint density at radius 2 is 2.05 bits per heavy atom. The average Bonchev–Trinajstić information content (AvgIpc) is 2.80. The average molecular weight is 346 g/mol. The van der Waals surface area contributed by atoms with E-state index in [9.17, 15) is 9.59 Å². The molecule has 5 nitrogen and oxygen atoms in total. The molecule has 0 bridgehead atoms. The van der Waals surface area contributed by atoms with Crippen LogP contribution in [0.4, 0.5) is 4.79 Å². The maximum absolute atomic E-state index is 11.5. The molecule has 2 amide bonds. The van der Waals surface area contributed by atoms with Gasteiger partial charge in [-0.05, 0) is 43.7 Å². The molecule has 0 aliphatic carbocycles. The molecule has 122 valence electrons. The van der Waals surface area contributed by atoms with Crippen LogP contribution in [0, 0.1) is 0 Å². The van der Waals surface area contributed by atoms with E-state index in [2.05, 4.69) is 5.32 Å². The van der Waals surface area contributed by atoms with E-state index in [0.29, 0.717) is 35.3 Å².